The van der Waals surface area contributed by atoms with Gasteiger partial charge in [-0.3, -0.25) is 4.79 Å². The maximum absolute atomic E-state index is 12.3. The molecule has 0 bridgehead atoms. The number of para-hydroxylation sites is 1. The minimum absolute atomic E-state index is 0.0885. The van der Waals surface area contributed by atoms with Crippen LogP contribution in [-0.2, 0) is 11.2 Å². The number of hydrazone groups is 1. The first kappa shape index (κ1) is 17.2. The van der Waals surface area contributed by atoms with Gasteiger partial charge in [0, 0.05) is 12.2 Å². The number of nitrogens with one attached hydrogen (secondary N) is 1. The van der Waals surface area contributed by atoms with E-state index < -0.39 is 0 Å². The van der Waals surface area contributed by atoms with Gasteiger partial charge in [0.25, 0.3) is 5.91 Å². The van der Waals surface area contributed by atoms with Crippen molar-refractivity contribution in [1.29, 1.82) is 0 Å². The highest BCUT2D eigenvalue weighted by molar-refractivity contribution is 5.86. The Morgan fingerprint density at radius 3 is 2.76 bits per heavy atom. The van der Waals surface area contributed by atoms with Gasteiger partial charge >= 0.3 is 0 Å². The summed E-state index contributed by atoms with van der Waals surface area (Å²) in [6.07, 6.45) is 3.89. The van der Waals surface area contributed by atoms with Gasteiger partial charge < -0.3 is 4.90 Å². The predicted molar refractivity (Wildman–Crippen MR) is 103 cm³/mol. The molecule has 1 N–H and O–H groups in total. The van der Waals surface area contributed by atoms with E-state index in [4.69, 9.17) is 0 Å². The van der Waals surface area contributed by atoms with Gasteiger partial charge in [-0.1, -0.05) is 24.3 Å². The number of hydrogen-bond donors (Lipinski definition) is 1. The molecule has 1 aliphatic rings. The average Bonchev–Trinajstić information content (AvgIpc) is 2.60. The van der Waals surface area contributed by atoms with Crippen molar-refractivity contribution in [2.24, 2.45) is 5.10 Å². The van der Waals surface area contributed by atoms with Crippen LogP contribution in [0.2, 0.25) is 0 Å². The third-order valence-electron chi connectivity index (χ3n) is 4.82. The van der Waals surface area contributed by atoms with Crippen molar-refractivity contribution < 1.29 is 4.79 Å². The van der Waals surface area contributed by atoms with E-state index >= 15 is 0 Å². The summed E-state index contributed by atoms with van der Waals surface area (Å²) in [6.45, 7) is 7.48. The zero-order chi connectivity index (χ0) is 17.8. The Bertz CT molecular complexity index is 811. The fourth-order valence-electron chi connectivity index (χ4n) is 3.28. The molecule has 0 aliphatic carbocycles. The van der Waals surface area contributed by atoms with E-state index in [1.54, 1.807) is 6.21 Å². The Kier molecular flexibility index (Phi) is 5.17. The van der Waals surface area contributed by atoms with Crippen LogP contribution < -0.4 is 10.3 Å². The number of aryl methyl sites for hydroxylation is 4. The summed E-state index contributed by atoms with van der Waals surface area (Å²) >= 11 is 0. The SMILES string of the molecule is Cc1cc(C)c(/C=N\NC(=O)CN2CCCc3ccccc32)cc1C. The molecule has 3 rings (SSSR count). The molecule has 0 aromatic heterocycles. The van der Waals surface area contributed by atoms with E-state index in [0.717, 1.165) is 36.2 Å². The predicted octanol–water partition coefficient (Wildman–Crippen LogP) is 3.51. The molecule has 25 heavy (non-hydrogen) atoms. The van der Waals surface area contributed by atoms with E-state index in [-0.39, 0.29) is 5.91 Å². The van der Waals surface area contributed by atoms with E-state index in [2.05, 4.69) is 66.5 Å². The standard InChI is InChI=1S/C21H25N3O/c1-15-11-17(3)19(12-16(15)2)13-22-23-21(25)14-24-10-6-8-18-7-4-5-9-20(18)24/h4-5,7,9,11-13H,6,8,10,14H2,1-3H3,(H,23,25)/b22-13-. The minimum atomic E-state index is -0.0885. The van der Waals surface area contributed by atoms with Gasteiger partial charge in [0.15, 0.2) is 0 Å². The molecule has 2 aromatic rings. The van der Waals surface area contributed by atoms with Gasteiger partial charge in [-0.2, -0.15) is 5.10 Å². The first-order valence-electron chi connectivity index (χ1n) is 8.77. The Labute approximate surface area is 149 Å². The number of carbonyl (C=O) groups is 1. The highest BCUT2D eigenvalue weighted by Crippen LogP contribution is 2.26. The number of rotatable bonds is 4. The highest BCUT2D eigenvalue weighted by Gasteiger charge is 2.18. The molecule has 1 aliphatic heterocycles. The number of anilines is 1. The van der Waals surface area contributed by atoms with Crippen LogP contribution in [0.3, 0.4) is 0 Å². The summed E-state index contributed by atoms with van der Waals surface area (Å²) in [6, 6.07) is 12.5. The topological polar surface area (TPSA) is 44.7 Å². The number of hydrogen-bond acceptors (Lipinski definition) is 3. The lowest BCUT2D eigenvalue weighted by Gasteiger charge is -2.30. The highest BCUT2D eigenvalue weighted by atomic mass is 16.2. The maximum Gasteiger partial charge on any atom is 0.259 e. The molecular formula is C21H25N3O. The van der Waals surface area contributed by atoms with Gasteiger partial charge in [0.05, 0.1) is 12.8 Å². The third kappa shape index (κ3) is 4.08. The van der Waals surface area contributed by atoms with Crippen molar-refractivity contribution in [3.8, 4) is 0 Å². The third-order valence-corrected chi connectivity index (χ3v) is 4.82. The molecule has 2 aromatic carbocycles. The van der Waals surface area contributed by atoms with Crippen LogP contribution >= 0.6 is 0 Å². The molecule has 0 saturated carbocycles. The van der Waals surface area contributed by atoms with E-state index in [1.807, 2.05) is 6.07 Å². The Balaban J connectivity index is 1.62. The van der Waals surface area contributed by atoms with Gasteiger partial charge in [-0.25, -0.2) is 5.43 Å². The van der Waals surface area contributed by atoms with Crippen LogP contribution in [0.5, 0.6) is 0 Å². The fourth-order valence-corrected chi connectivity index (χ4v) is 3.28. The average molecular weight is 335 g/mol. The van der Waals surface area contributed by atoms with Crippen LogP contribution in [0.25, 0.3) is 0 Å². The summed E-state index contributed by atoms with van der Waals surface area (Å²) < 4.78 is 0. The second-order valence-electron chi connectivity index (χ2n) is 6.74. The number of fused-ring (bicyclic) bond motifs is 1. The van der Waals surface area contributed by atoms with Crippen LogP contribution in [-0.4, -0.2) is 25.2 Å². The summed E-state index contributed by atoms with van der Waals surface area (Å²) in [5.74, 6) is -0.0885. The van der Waals surface area contributed by atoms with Crippen molar-refractivity contribution in [2.45, 2.75) is 33.6 Å². The number of nitrogens with zero attached hydrogens (tertiary/aromatic N) is 2. The Morgan fingerprint density at radius 2 is 1.92 bits per heavy atom. The molecule has 0 atom stereocenters. The smallest absolute Gasteiger partial charge is 0.259 e. The summed E-state index contributed by atoms with van der Waals surface area (Å²) in [5, 5.41) is 4.14. The van der Waals surface area contributed by atoms with Crippen LogP contribution in [0, 0.1) is 20.8 Å². The van der Waals surface area contributed by atoms with Crippen molar-refractivity contribution in [1.82, 2.24) is 5.43 Å². The lowest BCUT2D eigenvalue weighted by atomic mass is 10.0. The lowest BCUT2D eigenvalue weighted by Crippen LogP contribution is -2.38. The van der Waals surface area contributed by atoms with Gasteiger partial charge in [0.1, 0.15) is 0 Å². The zero-order valence-corrected chi connectivity index (χ0v) is 15.2. The zero-order valence-electron chi connectivity index (χ0n) is 15.2. The van der Waals surface area contributed by atoms with Crippen molar-refractivity contribution in [3.63, 3.8) is 0 Å². The summed E-state index contributed by atoms with van der Waals surface area (Å²) in [5.41, 5.74) is 9.82. The molecule has 0 spiro atoms. The maximum atomic E-state index is 12.3. The van der Waals surface area contributed by atoms with Gasteiger partial charge in [0.2, 0.25) is 0 Å². The quantitative estimate of drug-likeness (QED) is 0.686. The molecule has 1 amide bonds. The summed E-state index contributed by atoms with van der Waals surface area (Å²) in [7, 11) is 0. The van der Waals surface area contributed by atoms with Gasteiger partial charge in [-0.05, 0) is 73.6 Å². The second-order valence-corrected chi connectivity index (χ2v) is 6.74. The molecular weight excluding hydrogens is 310 g/mol. The first-order chi connectivity index (χ1) is 12.0. The molecule has 0 saturated heterocycles. The summed E-state index contributed by atoms with van der Waals surface area (Å²) in [4.78, 5) is 14.4. The number of benzene rings is 2. The van der Waals surface area contributed by atoms with Crippen molar-refractivity contribution >= 4 is 17.8 Å². The molecule has 0 unspecified atom stereocenters. The molecule has 4 nitrogen and oxygen atoms in total. The first-order valence-corrected chi connectivity index (χ1v) is 8.77. The van der Waals surface area contributed by atoms with Crippen molar-refractivity contribution in [3.05, 3.63) is 64.2 Å². The van der Waals surface area contributed by atoms with Gasteiger partial charge in [-0.15, -0.1) is 0 Å². The van der Waals surface area contributed by atoms with E-state index in [0.29, 0.717) is 6.54 Å². The van der Waals surface area contributed by atoms with Crippen LogP contribution in [0.4, 0.5) is 5.69 Å². The molecule has 1 heterocycles. The number of amides is 1. The minimum Gasteiger partial charge on any atom is -0.362 e. The van der Waals surface area contributed by atoms with Crippen LogP contribution in [0.15, 0.2) is 41.5 Å². The molecule has 0 radical (unpaired) electrons. The lowest BCUT2D eigenvalue weighted by molar-refractivity contribution is -0.119. The second kappa shape index (κ2) is 7.51. The fraction of sp³-hybridized carbons (Fsp3) is 0.333. The number of carbonyl (C=O) groups excluding carboxylic acids is 1. The normalized spacial score (nSPS) is 13.8. The molecule has 4 heteroatoms. The van der Waals surface area contributed by atoms with Crippen LogP contribution in [0.1, 0.15) is 34.2 Å². The Hall–Kier alpha value is -2.62. The monoisotopic (exact) mass is 335 g/mol. The Morgan fingerprint density at radius 1 is 1.16 bits per heavy atom. The molecule has 0 fully saturated rings. The van der Waals surface area contributed by atoms with E-state index in [9.17, 15) is 4.79 Å². The van der Waals surface area contributed by atoms with E-state index in [1.165, 1.54) is 16.7 Å². The largest absolute Gasteiger partial charge is 0.362 e. The van der Waals surface area contributed by atoms with Crippen molar-refractivity contribution in [2.75, 3.05) is 18.0 Å². The molecule has 130 valence electrons.